The lowest BCUT2D eigenvalue weighted by atomic mass is 10.2. The highest BCUT2D eigenvalue weighted by molar-refractivity contribution is 6.42. The number of ether oxygens (including phenoxy) is 1. The van der Waals surface area contributed by atoms with Crippen LogP contribution in [0.15, 0.2) is 40.8 Å². The van der Waals surface area contributed by atoms with Crippen molar-refractivity contribution in [3.63, 3.8) is 0 Å². The molecule has 0 aliphatic carbocycles. The van der Waals surface area contributed by atoms with Crippen molar-refractivity contribution < 1.29 is 4.74 Å². The van der Waals surface area contributed by atoms with E-state index in [2.05, 4.69) is 20.2 Å². The molecule has 1 aromatic heterocycles. The van der Waals surface area contributed by atoms with Gasteiger partial charge < -0.3 is 10.5 Å². The molecule has 0 spiro atoms. The van der Waals surface area contributed by atoms with Crippen LogP contribution in [0.3, 0.4) is 0 Å². The van der Waals surface area contributed by atoms with Gasteiger partial charge >= 0.3 is 0 Å². The summed E-state index contributed by atoms with van der Waals surface area (Å²) in [5.41, 5.74) is 6.89. The zero-order valence-electron chi connectivity index (χ0n) is 11.0. The second kappa shape index (κ2) is 7.01. The van der Waals surface area contributed by atoms with Crippen molar-refractivity contribution >= 4 is 35.3 Å². The molecule has 2 rings (SSSR count). The monoisotopic (exact) mass is 323 g/mol. The minimum atomic E-state index is 0.123. The van der Waals surface area contributed by atoms with Crippen molar-refractivity contribution in [3.05, 3.63) is 51.9 Å². The molecule has 0 fully saturated rings. The molecule has 0 saturated carbocycles. The van der Waals surface area contributed by atoms with Gasteiger partial charge in [0.1, 0.15) is 5.69 Å². The lowest BCUT2D eigenvalue weighted by Gasteiger charge is -2.00. The third-order valence-corrected chi connectivity index (χ3v) is 3.14. The maximum absolute atomic E-state index is 5.90. The van der Waals surface area contributed by atoms with E-state index in [1.165, 1.54) is 25.7 Å². The Morgan fingerprint density at radius 3 is 2.81 bits per heavy atom. The zero-order valence-corrected chi connectivity index (χ0v) is 12.5. The maximum Gasteiger partial charge on any atom is 0.232 e. The van der Waals surface area contributed by atoms with Crippen LogP contribution in [0.1, 0.15) is 11.3 Å². The predicted octanol–water partition coefficient (Wildman–Crippen LogP) is 2.53. The second-order valence-electron chi connectivity index (χ2n) is 3.85. The van der Waals surface area contributed by atoms with Gasteiger partial charge in [0.2, 0.25) is 5.88 Å². The first-order valence-electron chi connectivity index (χ1n) is 5.78. The zero-order chi connectivity index (χ0) is 15.2. The number of nitrogens with zero attached hydrogens (tertiary/aromatic N) is 4. The summed E-state index contributed by atoms with van der Waals surface area (Å²) in [6.07, 6.45) is 4.44. The van der Waals surface area contributed by atoms with E-state index in [4.69, 9.17) is 33.7 Å². The van der Waals surface area contributed by atoms with Crippen LogP contribution in [-0.4, -0.2) is 29.1 Å². The number of methoxy groups -OCH3 is 1. The predicted molar refractivity (Wildman–Crippen MR) is 83.4 cm³/mol. The van der Waals surface area contributed by atoms with E-state index < -0.39 is 0 Å². The fourth-order valence-corrected chi connectivity index (χ4v) is 1.68. The van der Waals surface area contributed by atoms with Gasteiger partial charge in [0.25, 0.3) is 0 Å². The number of hydrogen-bond acceptors (Lipinski definition) is 5. The Labute approximate surface area is 131 Å². The number of benzene rings is 1. The van der Waals surface area contributed by atoms with Crippen LogP contribution in [-0.2, 0) is 0 Å². The average Bonchev–Trinajstić information content (AvgIpc) is 2.50. The lowest BCUT2D eigenvalue weighted by Crippen LogP contribution is -2.15. The molecule has 0 amide bonds. The molecule has 21 heavy (non-hydrogen) atoms. The molecule has 0 saturated heterocycles. The van der Waals surface area contributed by atoms with Crippen LogP contribution in [0.25, 0.3) is 0 Å². The van der Waals surface area contributed by atoms with Gasteiger partial charge in [0.05, 0.1) is 35.8 Å². The van der Waals surface area contributed by atoms with Crippen LogP contribution in [0, 0.1) is 0 Å². The highest BCUT2D eigenvalue weighted by atomic mass is 35.5. The van der Waals surface area contributed by atoms with Gasteiger partial charge in [-0.25, -0.2) is 4.98 Å². The molecule has 0 bridgehead atoms. The molecule has 6 nitrogen and oxygen atoms in total. The Balaban J connectivity index is 2.15. The molecule has 1 heterocycles. The van der Waals surface area contributed by atoms with E-state index in [1.54, 1.807) is 18.2 Å². The molecule has 0 unspecified atom stereocenters. The van der Waals surface area contributed by atoms with Crippen molar-refractivity contribution in [1.29, 1.82) is 0 Å². The lowest BCUT2D eigenvalue weighted by molar-refractivity contribution is 0.395. The number of rotatable bonds is 4. The Morgan fingerprint density at radius 1 is 1.29 bits per heavy atom. The summed E-state index contributed by atoms with van der Waals surface area (Å²) in [6.45, 7) is 0. The number of halogens is 2. The average molecular weight is 324 g/mol. The topological polar surface area (TPSA) is 85.8 Å². The highest BCUT2D eigenvalue weighted by Gasteiger charge is 2.02. The van der Waals surface area contributed by atoms with Crippen molar-refractivity contribution in [3.8, 4) is 5.88 Å². The van der Waals surface area contributed by atoms with Gasteiger partial charge in [-0.2, -0.15) is 5.10 Å². The normalized spacial score (nSPS) is 11.9. The smallest absolute Gasteiger partial charge is 0.232 e. The second-order valence-corrected chi connectivity index (χ2v) is 4.66. The van der Waals surface area contributed by atoms with Gasteiger partial charge in [-0.05, 0) is 17.7 Å². The van der Waals surface area contributed by atoms with Gasteiger partial charge in [-0.15, -0.1) is 5.10 Å². The van der Waals surface area contributed by atoms with Crippen molar-refractivity contribution in [2.45, 2.75) is 0 Å². The third kappa shape index (κ3) is 4.14. The molecule has 0 aliphatic rings. The number of hydrogen-bond donors (Lipinski definition) is 1. The quantitative estimate of drug-likeness (QED) is 0.532. The van der Waals surface area contributed by atoms with Crippen molar-refractivity contribution in [1.82, 2.24) is 9.97 Å². The maximum atomic E-state index is 5.90. The van der Waals surface area contributed by atoms with Crippen LogP contribution in [0.5, 0.6) is 5.88 Å². The van der Waals surface area contributed by atoms with E-state index in [1.807, 2.05) is 0 Å². The summed E-state index contributed by atoms with van der Waals surface area (Å²) < 4.78 is 4.95. The van der Waals surface area contributed by atoms with E-state index in [9.17, 15) is 0 Å². The van der Waals surface area contributed by atoms with Crippen LogP contribution in [0.4, 0.5) is 0 Å². The Bertz CT molecular complexity index is 703. The summed E-state index contributed by atoms with van der Waals surface area (Å²) in [6, 6.07) is 5.10. The summed E-state index contributed by atoms with van der Waals surface area (Å²) in [7, 11) is 1.49. The van der Waals surface area contributed by atoms with Gasteiger partial charge in [-0.3, -0.25) is 4.98 Å². The third-order valence-electron chi connectivity index (χ3n) is 2.40. The molecule has 2 N–H and O–H groups in total. The van der Waals surface area contributed by atoms with Crippen molar-refractivity contribution in [2.24, 2.45) is 15.9 Å². The summed E-state index contributed by atoms with van der Waals surface area (Å²) in [5.74, 6) is 0.469. The molecule has 108 valence electrons. The molecule has 0 aliphatic heterocycles. The van der Waals surface area contributed by atoms with E-state index in [-0.39, 0.29) is 5.84 Å². The SMILES string of the molecule is COc1cncc(/C(N)=N\N=C/c2ccc(Cl)c(Cl)c2)n1. The summed E-state index contributed by atoms with van der Waals surface area (Å²) in [5, 5.41) is 8.64. The van der Waals surface area contributed by atoms with Crippen LogP contribution in [0.2, 0.25) is 10.0 Å². The molecular formula is C13H11Cl2N5O. The van der Waals surface area contributed by atoms with Crippen LogP contribution < -0.4 is 10.5 Å². The number of aromatic nitrogens is 2. The largest absolute Gasteiger partial charge is 0.480 e. The van der Waals surface area contributed by atoms with E-state index in [0.29, 0.717) is 21.6 Å². The fourth-order valence-electron chi connectivity index (χ4n) is 1.37. The first-order valence-corrected chi connectivity index (χ1v) is 6.53. The number of amidine groups is 1. The van der Waals surface area contributed by atoms with Gasteiger partial charge in [0, 0.05) is 0 Å². The molecule has 2 aromatic rings. The molecule has 8 heteroatoms. The standard InChI is InChI=1S/C13H11Cl2N5O/c1-21-12-7-17-6-11(19-12)13(16)20-18-5-8-2-3-9(14)10(15)4-8/h2-7H,1H3,(H2,16,20)/b18-5-. The minimum Gasteiger partial charge on any atom is -0.480 e. The van der Waals surface area contributed by atoms with E-state index >= 15 is 0 Å². The Hall–Kier alpha value is -2.18. The first kappa shape index (κ1) is 15.2. The first-order chi connectivity index (χ1) is 10.1. The molecule has 1 aromatic carbocycles. The molecular weight excluding hydrogens is 313 g/mol. The van der Waals surface area contributed by atoms with E-state index in [0.717, 1.165) is 5.56 Å². The molecule has 0 radical (unpaired) electrons. The number of nitrogens with two attached hydrogens (primary N) is 1. The highest BCUT2D eigenvalue weighted by Crippen LogP contribution is 2.21. The van der Waals surface area contributed by atoms with Crippen molar-refractivity contribution in [2.75, 3.05) is 7.11 Å². The van der Waals surface area contributed by atoms with Gasteiger partial charge in [0.15, 0.2) is 5.84 Å². The summed E-state index contributed by atoms with van der Waals surface area (Å²) in [4.78, 5) is 8.02. The Kier molecular flexibility index (Phi) is 5.08. The molecule has 0 atom stereocenters. The van der Waals surface area contributed by atoms with Crippen LogP contribution >= 0.6 is 23.2 Å². The minimum absolute atomic E-state index is 0.123. The van der Waals surface area contributed by atoms with Gasteiger partial charge in [-0.1, -0.05) is 29.3 Å². The fraction of sp³-hybridized carbons (Fsp3) is 0.0769. The Morgan fingerprint density at radius 2 is 2.10 bits per heavy atom. The summed E-state index contributed by atoms with van der Waals surface area (Å²) >= 11 is 11.7.